The molecule has 0 aromatic heterocycles. The first-order valence-corrected chi connectivity index (χ1v) is 5.56. The fourth-order valence-corrected chi connectivity index (χ4v) is 2.47. The van der Waals surface area contributed by atoms with E-state index in [1.165, 1.54) is 12.6 Å². The van der Waals surface area contributed by atoms with E-state index in [1.807, 2.05) is 0 Å². The fourth-order valence-electron chi connectivity index (χ4n) is 2.47. The van der Waals surface area contributed by atoms with Gasteiger partial charge in [0, 0.05) is 0 Å². The first kappa shape index (κ1) is 11.1. The highest BCUT2D eigenvalue weighted by molar-refractivity contribution is 6.63. The summed E-state index contributed by atoms with van der Waals surface area (Å²) in [5.41, 5.74) is 1.04. The van der Waals surface area contributed by atoms with Crippen LogP contribution >= 0.6 is 0 Å². The Morgan fingerprint density at radius 3 is 1.31 bits per heavy atom. The van der Waals surface area contributed by atoms with Gasteiger partial charge in [-0.15, -0.1) is 0 Å². The van der Waals surface area contributed by atoms with Crippen LogP contribution in [0.5, 0.6) is 0 Å². The van der Waals surface area contributed by atoms with E-state index in [0.29, 0.717) is 16.1 Å². The van der Waals surface area contributed by atoms with E-state index >= 15 is 0 Å². The van der Waals surface area contributed by atoms with Crippen molar-refractivity contribution in [2.75, 3.05) is 0 Å². The van der Waals surface area contributed by atoms with E-state index in [1.54, 1.807) is 0 Å². The molecular weight excluding hydrogens is 155 g/mol. The highest BCUT2D eigenvalue weighted by Crippen LogP contribution is 2.57. The monoisotopic (exact) mass is 180 g/mol. The summed E-state index contributed by atoms with van der Waals surface area (Å²) in [5, 5.41) is 0.491. The van der Waals surface area contributed by atoms with Crippen LogP contribution in [0, 0.1) is 10.8 Å². The van der Waals surface area contributed by atoms with Crippen molar-refractivity contribution in [2.45, 2.75) is 66.4 Å². The van der Waals surface area contributed by atoms with Gasteiger partial charge in [-0.3, -0.25) is 0 Å². The summed E-state index contributed by atoms with van der Waals surface area (Å²) < 4.78 is 0. The van der Waals surface area contributed by atoms with E-state index in [9.17, 15) is 0 Å². The van der Waals surface area contributed by atoms with Crippen molar-refractivity contribution in [1.29, 1.82) is 0 Å². The van der Waals surface area contributed by atoms with Gasteiger partial charge in [-0.2, -0.15) is 0 Å². The Labute approximate surface area is 84.6 Å². The molecule has 1 aliphatic heterocycles. The molecule has 0 aromatic rings. The van der Waals surface area contributed by atoms with Crippen LogP contribution in [-0.4, -0.2) is 6.71 Å². The zero-order valence-electron chi connectivity index (χ0n) is 10.5. The summed E-state index contributed by atoms with van der Waals surface area (Å²) in [7, 11) is 0. The van der Waals surface area contributed by atoms with Gasteiger partial charge in [0.1, 0.15) is 6.71 Å². The summed E-state index contributed by atoms with van der Waals surface area (Å²) in [5.74, 6) is 0. The summed E-state index contributed by atoms with van der Waals surface area (Å²) >= 11 is 0. The van der Waals surface area contributed by atoms with Gasteiger partial charge in [0.15, 0.2) is 0 Å². The van der Waals surface area contributed by atoms with Gasteiger partial charge in [-0.05, 0) is 10.8 Å². The topological polar surface area (TPSA) is 0 Å². The highest BCUT2D eigenvalue weighted by Gasteiger charge is 2.50. The van der Waals surface area contributed by atoms with Gasteiger partial charge < -0.3 is 0 Å². The molecule has 1 aliphatic rings. The van der Waals surface area contributed by atoms with Gasteiger partial charge >= 0.3 is 0 Å². The Bertz CT molecular complexity index is 180. The maximum absolute atomic E-state index is 2.43. The SMILES string of the molecule is CC(C)(C)B1CC(C)(C)C(C)(C)C1. The largest absolute Gasteiger partial charge is 0.146 e. The van der Waals surface area contributed by atoms with Gasteiger partial charge in [-0.25, -0.2) is 0 Å². The predicted octanol–water partition coefficient (Wildman–Crippen LogP) is 4.35. The van der Waals surface area contributed by atoms with Crippen molar-refractivity contribution in [3.8, 4) is 0 Å². The molecule has 0 atom stereocenters. The van der Waals surface area contributed by atoms with Crippen molar-refractivity contribution < 1.29 is 0 Å². The van der Waals surface area contributed by atoms with Crippen LogP contribution in [0.25, 0.3) is 0 Å². The lowest BCUT2D eigenvalue weighted by Crippen LogP contribution is -2.24. The average Bonchev–Trinajstić information content (AvgIpc) is 2.00. The average molecular weight is 180 g/mol. The lowest BCUT2D eigenvalue weighted by Gasteiger charge is -2.35. The van der Waals surface area contributed by atoms with Crippen molar-refractivity contribution in [3.05, 3.63) is 0 Å². The lowest BCUT2D eigenvalue weighted by molar-refractivity contribution is 0.177. The molecule has 0 bridgehead atoms. The van der Waals surface area contributed by atoms with Crippen LogP contribution in [0.3, 0.4) is 0 Å². The van der Waals surface area contributed by atoms with Crippen LogP contribution < -0.4 is 0 Å². The second kappa shape index (κ2) is 2.78. The third-order valence-electron chi connectivity index (χ3n) is 4.57. The minimum Gasteiger partial charge on any atom is -0.0680 e. The van der Waals surface area contributed by atoms with E-state index < -0.39 is 0 Å². The van der Waals surface area contributed by atoms with E-state index in [2.05, 4.69) is 48.5 Å². The van der Waals surface area contributed by atoms with Gasteiger partial charge in [0.25, 0.3) is 0 Å². The van der Waals surface area contributed by atoms with Crippen molar-refractivity contribution >= 4 is 6.71 Å². The third-order valence-corrected chi connectivity index (χ3v) is 4.57. The Morgan fingerprint density at radius 2 is 1.15 bits per heavy atom. The normalized spacial score (nSPS) is 26.5. The molecule has 0 unspecified atom stereocenters. The van der Waals surface area contributed by atoms with E-state index in [4.69, 9.17) is 0 Å². The fraction of sp³-hybridized carbons (Fsp3) is 1.00. The summed E-state index contributed by atoms with van der Waals surface area (Å²) in [6.45, 7) is 17.8. The van der Waals surface area contributed by atoms with E-state index in [-0.39, 0.29) is 0 Å². The zero-order valence-corrected chi connectivity index (χ0v) is 10.5. The van der Waals surface area contributed by atoms with Crippen molar-refractivity contribution in [2.24, 2.45) is 10.8 Å². The number of rotatable bonds is 0. The van der Waals surface area contributed by atoms with Crippen LogP contribution in [0.1, 0.15) is 48.5 Å². The standard InChI is InChI=1S/C12H25B/c1-10(2,3)13-8-11(4,5)12(6,7)9-13/h8-9H2,1-7H3. The van der Waals surface area contributed by atoms with Crippen molar-refractivity contribution in [3.63, 3.8) is 0 Å². The second-order valence-corrected chi connectivity index (χ2v) is 7.24. The van der Waals surface area contributed by atoms with Crippen molar-refractivity contribution in [1.82, 2.24) is 0 Å². The summed E-state index contributed by atoms with van der Waals surface area (Å²) in [6, 6.07) is 0. The molecule has 0 N–H and O–H groups in total. The first-order chi connectivity index (χ1) is 5.56. The first-order valence-electron chi connectivity index (χ1n) is 5.56. The van der Waals surface area contributed by atoms with E-state index in [0.717, 1.165) is 6.71 Å². The summed E-state index contributed by atoms with van der Waals surface area (Å²) in [4.78, 5) is 0. The predicted molar refractivity (Wildman–Crippen MR) is 62.6 cm³/mol. The van der Waals surface area contributed by atoms with Gasteiger partial charge in [-0.1, -0.05) is 66.4 Å². The Kier molecular flexibility index (Phi) is 2.38. The molecule has 1 saturated heterocycles. The Morgan fingerprint density at radius 1 is 0.846 bits per heavy atom. The maximum Gasteiger partial charge on any atom is 0.146 e. The van der Waals surface area contributed by atoms with Gasteiger partial charge in [0.05, 0.1) is 0 Å². The molecule has 1 heterocycles. The lowest BCUT2D eigenvalue weighted by atomic mass is 9.32. The number of hydrogen-bond donors (Lipinski definition) is 0. The molecule has 76 valence electrons. The molecule has 0 amide bonds. The zero-order chi connectivity index (χ0) is 10.5. The van der Waals surface area contributed by atoms with Gasteiger partial charge in [0.2, 0.25) is 0 Å². The minimum absolute atomic E-state index is 0.491. The third kappa shape index (κ3) is 1.95. The molecule has 1 rings (SSSR count). The molecule has 0 aromatic carbocycles. The molecule has 0 spiro atoms. The molecule has 0 radical (unpaired) electrons. The Hall–Kier alpha value is 0.0649. The molecule has 0 aliphatic carbocycles. The highest BCUT2D eigenvalue weighted by atomic mass is 14.4. The molecule has 0 saturated carbocycles. The maximum atomic E-state index is 2.43. The minimum atomic E-state index is 0.491. The van der Waals surface area contributed by atoms with Crippen LogP contribution in [0.4, 0.5) is 0 Å². The molecule has 1 fully saturated rings. The van der Waals surface area contributed by atoms with Crippen LogP contribution in [0.15, 0.2) is 0 Å². The molecule has 13 heavy (non-hydrogen) atoms. The second-order valence-electron chi connectivity index (χ2n) is 7.24. The molecule has 1 heteroatoms. The van der Waals surface area contributed by atoms with Crippen LogP contribution in [-0.2, 0) is 0 Å². The summed E-state index contributed by atoms with van der Waals surface area (Å²) in [6.07, 6.45) is 2.78. The molecule has 0 nitrogen and oxygen atoms in total. The Balaban J connectivity index is 2.83. The number of hydrogen-bond acceptors (Lipinski definition) is 0. The van der Waals surface area contributed by atoms with Crippen LogP contribution in [0.2, 0.25) is 18.0 Å². The smallest absolute Gasteiger partial charge is 0.0680 e. The quantitative estimate of drug-likeness (QED) is 0.486. The molecular formula is C12H25B.